The number of hydrogen-bond acceptors (Lipinski definition) is 6. The Morgan fingerprint density at radius 1 is 1.44 bits per heavy atom. The lowest BCUT2D eigenvalue weighted by atomic mass is 10.3. The predicted octanol–water partition coefficient (Wildman–Crippen LogP) is 1.06. The van der Waals surface area contributed by atoms with Gasteiger partial charge in [0.05, 0.1) is 6.54 Å². The second-order valence-electron chi connectivity index (χ2n) is 3.58. The minimum Gasteiger partial charge on any atom is -0.390 e. The molecule has 0 unspecified atom stereocenters. The van der Waals surface area contributed by atoms with Gasteiger partial charge in [-0.15, -0.1) is 0 Å². The van der Waals surface area contributed by atoms with Crippen molar-refractivity contribution < 1.29 is 4.92 Å². The Labute approximate surface area is 103 Å². The van der Waals surface area contributed by atoms with Gasteiger partial charge in [0, 0.05) is 17.8 Å². The van der Waals surface area contributed by atoms with Gasteiger partial charge in [-0.1, -0.05) is 11.1 Å². The highest BCUT2D eigenvalue weighted by molar-refractivity contribution is 5.35. The minimum atomic E-state index is -0.622. The van der Waals surface area contributed by atoms with E-state index in [9.17, 15) is 10.1 Å². The second-order valence-corrected chi connectivity index (χ2v) is 3.58. The summed E-state index contributed by atoms with van der Waals surface area (Å²) in [5, 5.41) is 17.2. The van der Waals surface area contributed by atoms with Crippen molar-refractivity contribution in [3.8, 4) is 0 Å². The Hall–Kier alpha value is -2.51. The van der Waals surface area contributed by atoms with E-state index >= 15 is 0 Å². The quantitative estimate of drug-likeness (QED) is 0.627. The number of nitrogens with zero attached hydrogens (tertiary/aromatic N) is 5. The van der Waals surface area contributed by atoms with Crippen LogP contribution in [0, 0.1) is 10.1 Å². The van der Waals surface area contributed by atoms with Gasteiger partial charge in [0.2, 0.25) is 6.33 Å². The molecular formula is C10H12N6O2. The first-order valence-electron chi connectivity index (χ1n) is 5.41. The van der Waals surface area contributed by atoms with E-state index in [0.717, 1.165) is 17.9 Å². The van der Waals surface area contributed by atoms with E-state index in [4.69, 9.17) is 0 Å². The SMILES string of the molecule is CCNc1ccc(Cn2cnc([N+](=O)[O-])n2)cn1. The van der Waals surface area contributed by atoms with Crippen LogP contribution in [0.25, 0.3) is 0 Å². The lowest BCUT2D eigenvalue weighted by Gasteiger charge is -2.02. The van der Waals surface area contributed by atoms with Crippen LogP contribution in [0.4, 0.5) is 11.8 Å². The molecule has 8 heteroatoms. The van der Waals surface area contributed by atoms with Crippen LogP contribution < -0.4 is 5.32 Å². The zero-order chi connectivity index (χ0) is 13.0. The normalized spacial score (nSPS) is 10.3. The Morgan fingerprint density at radius 2 is 2.28 bits per heavy atom. The molecular weight excluding hydrogens is 236 g/mol. The molecule has 18 heavy (non-hydrogen) atoms. The standard InChI is InChI=1S/C10H12N6O2/c1-2-11-9-4-3-8(5-12-9)6-15-7-13-10(14-15)16(17)18/h3-5,7H,2,6H2,1H3,(H,11,12). The summed E-state index contributed by atoms with van der Waals surface area (Å²) < 4.78 is 1.40. The van der Waals surface area contributed by atoms with Crippen molar-refractivity contribution in [1.82, 2.24) is 19.7 Å². The number of rotatable bonds is 5. The van der Waals surface area contributed by atoms with Crippen LogP contribution in [0.2, 0.25) is 0 Å². The van der Waals surface area contributed by atoms with Gasteiger partial charge in [0.25, 0.3) is 0 Å². The molecule has 0 spiro atoms. The van der Waals surface area contributed by atoms with E-state index in [0.29, 0.717) is 6.54 Å². The van der Waals surface area contributed by atoms with Crippen molar-refractivity contribution in [2.75, 3.05) is 11.9 Å². The van der Waals surface area contributed by atoms with Gasteiger partial charge in [-0.2, -0.15) is 4.68 Å². The van der Waals surface area contributed by atoms with Gasteiger partial charge >= 0.3 is 5.95 Å². The van der Waals surface area contributed by atoms with Gasteiger partial charge in [-0.05, 0) is 23.5 Å². The van der Waals surface area contributed by atoms with Crippen LogP contribution in [0.1, 0.15) is 12.5 Å². The molecule has 0 fully saturated rings. The number of aromatic nitrogens is 4. The predicted molar refractivity (Wildman–Crippen MR) is 64.2 cm³/mol. The van der Waals surface area contributed by atoms with Crippen molar-refractivity contribution >= 4 is 11.8 Å². The van der Waals surface area contributed by atoms with Crippen LogP contribution in [0.3, 0.4) is 0 Å². The number of anilines is 1. The maximum atomic E-state index is 10.4. The van der Waals surface area contributed by atoms with Crippen molar-refractivity contribution in [3.05, 3.63) is 40.3 Å². The zero-order valence-electron chi connectivity index (χ0n) is 9.78. The molecule has 94 valence electrons. The second kappa shape index (κ2) is 5.21. The number of nitro groups is 1. The Kier molecular flexibility index (Phi) is 3.46. The lowest BCUT2D eigenvalue weighted by molar-refractivity contribution is -0.394. The molecule has 2 aromatic heterocycles. The van der Waals surface area contributed by atoms with Gasteiger partial charge in [0.1, 0.15) is 5.82 Å². The largest absolute Gasteiger partial charge is 0.490 e. The lowest BCUT2D eigenvalue weighted by Crippen LogP contribution is -2.03. The van der Waals surface area contributed by atoms with Crippen LogP contribution in [0.5, 0.6) is 0 Å². The molecule has 0 aliphatic rings. The molecule has 0 amide bonds. The minimum absolute atomic E-state index is 0.396. The highest BCUT2D eigenvalue weighted by Gasteiger charge is 2.12. The van der Waals surface area contributed by atoms with Crippen LogP contribution in [-0.4, -0.2) is 31.2 Å². The summed E-state index contributed by atoms with van der Waals surface area (Å²) in [5.74, 6) is 0.401. The third-order valence-electron chi connectivity index (χ3n) is 2.21. The van der Waals surface area contributed by atoms with E-state index in [1.165, 1.54) is 11.0 Å². The summed E-state index contributed by atoms with van der Waals surface area (Å²) in [6.07, 6.45) is 3.03. The van der Waals surface area contributed by atoms with E-state index in [1.807, 2.05) is 19.1 Å². The summed E-state index contributed by atoms with van der Waals surface area (Å²) in [4.78, 5) is 17.6. The molecule has 2 rings (SSSR count). The fraction of sp³-hybridized carbons (Fsp3) is 0.300. The average Bonchev–Trinajstić information content (AvgIpc) is 2.81. The van der Waals surface area contributed by atoms with Crippen molar-refractivity contribution in [3.63, 3.8) is 0 Å². The molecule has 0 bridgehead atoms. The van der Waals surface area contributed by atoms with Crippen LogP contribution >= 0.6 is 0 Å². The van der Waals surface area contributed by atoms with Crippen molar-refractivity contribution in [1.29, 1.82) is 0 Å². The van der Waals surface area contributed by atoms with Crippen LogP contribution in [0.15, 0.2) is 24.7 Å². The molecule has 0 saturated carbocycles. The summed E-state index contributed by atoms with van der Waals surface area (Å²) in [6.45, 7) is 3.20. The molecule has 0 saturated heterocycles. The maximum Gasteiger partial charge on any atom is 0.490 e. The number of pyridine rings is 1. The van der Waals surface area contributed by atoms with E-state index in [1.54, 1.807) is 6.20 Å². The van der Waals surface area contributed by atoms with E-state index in [-0.39, 0.29) is 0 Å². The summed E-state index contributed by atoms with van der Waals surface area (Å²) in [5.41, 5.74) is 0.899. The van der Waals surface area contributed by atoms with E-state index < -0.39 is 10.9 Å². The first-order valence-corrected chi connectivity index (χ1v) is 5.41. The average molecular weight is 248 g/mol. The van der Waals surface area contributed by atoms with Gasteiger partial charge in [-0.3, -0.25) is 0 Å². The molecule has 0 radical (unpaired) electrons. The van der Waals surface area contributed by atoms with Crippen molar-refractivity contribution in [2.45, 2.75) is 13.5 Å². The van der Waals surface area contributed by atoms with Gasteiger partial charge in [0.15, 0.2) is 0 Å². The maximum absolute atomic E-state index is 10.4. The van der Waals surface area contributed by atoms with Gasteiger partial charge in [-0.25, -0.2) is 4.98 Å². The first kappa shape index (κ1) is 12.0. The Balaban J connectivity index is 2.06. The molecule has 8 nitrogen and oxygen atoms in total. The molecule has 2 aromatic rings. The fourth-order valence-corrected chi connectivity index (χ4v) is 1.44. The third kappa shape index (κ3) is 2.78. The van der Waals surface area contributed by atoms with E-state index in [2.05, 4.69) is 20.4 Å². The smallest absolute Gasteiger partial charge is 0.390 e. The first-order chi connectivity index (χ1) is 8.69. The fourth-order valence-electron chi connectivity index (χ4n) is 1.44. The highest BCUT2D eigenvalue weighted by Crippen LogP contribution is 2.07. The van der Waals surface area contributed by atoms with Crippen molar-refractivity contribution in [2.24, 2.45) is 0 Å². The molecule has 2 heterocycles. The molecule has 0 aromatic carbocycles. The monoisotopic (exact) mass is 248 g/mol. The topological polar surface area (TPSA) is 98.8 Å². The van der Waals surface area contributed by atoms with Gasteiger partial charge < -0.3 is 15.4 Å². The summed E-state index contributed by atoms with van der Waals surface area (Å²) >= 11 is 0. The molecule has 0 atom stereocenters. The molecule has 0 aliphatic carbocycles. The summed E-state index contributed by atoms with van der Waals surface area (Å²) in [7, 11) is 0. The highest BCUT2D eigenvalue weighted by atomic mass is 16.6. The third-order valence-corrected chi connectivity index (χ3v) is 2.21. The molecule has 1 N–H and O–H groups in total. The molecule has 0 aliphatic heterocycles. The number of nitrogens with one attached hydrogen (secondary N) is 1. The Bertz CT molecular complexity index is 536. The Morgan fingerprint density at radius 3 is 2.83 bits per heavy atom. The zero-order valence-corrected chi connectivity index (χ0v) is 9.78. The number of hydrogen-bond donors (Lipinski definition) is 1. The van der Waals surface area contributed by atoms with Crippen LogP contribution in [-0.2, 0) is 6.54 Å². The summed E-state index contributed by atoms with van der Waals surface area (Å²) in [6, 6.07) is 3.74.